The number of thiazole rings is 1. The number of ether oxygens (including phenoxy) is 1. The van der Waals surface area contributed by atoms with Crippen molar-refractivity contribution in [1.82, 2.24) is 15.2 Å². The lowest BCUT2D eigenvalue weighted by molar-refractivity contribution is -0.116. The fourth-order valence-corrected chi connectivity index (χ4v) is 6.67. The number of carbonyl (C=O) groups excluding carboxylic acids is 1. The number of benzene rings is 1. The Morgan fingerprint density at radius 1 is 1.24 bits per heavy atom. The first-order chi connectivity index (χ1) is 15.9. The first kappa shape index (κ1) is 23.6. The second-order valence-corrected chi connectivity index (χ2v) is 10.2. The van der Waals surface area contributed by atoms with Gasteiger partial charge in [0.2, 0.25) is 5.91 Å². The van der Waals surface area contributed by atoms with Crippen LogP contribution in [0.3, 0.4) is 0 Å². The zero-order valence-corrected chi connectivity index (χ0v) is 20.5. The van der Waals surface area contributed by atoms with Crippen molar-refractivity contribution in [2.45, 2.75) is 38.8 Å². The highest BCUT2D eigenvalue weighted by atomic mass is 32.1. The van der Waals surface area contributed by atoms with Crippen molar-refractivity contribution < 1.29 is 19.4 Å². The van der Waals surface area contributed by atoms with Crippen LogP contribution in [-0.2, 0) is 16.0 Å². The highest BCUT2D eigenvalue weighted by Crippen LogP contribution is 2.49. The first-order valence-corrected chi connectivity index (χ1v) is 12.6. The van der Waals surface area contributed by atoms with Crippen molar-refractivity contribution in [1.29, 1.82) is 0 Å². The van der Waals surface area contributed by atoms with Crippen LogP contribution in [0.25, 0.3) is 20.8 Å². The molecule has 2 unspecified atom stereocenters. The number of para-hydroxylation sites is 1. The van der Waals surface area contributed by atoms with E-state index < -0.39 is 6.09 Å². The quantitative estimate of drug-likeness (QED) is 0.401. The molecule has 0 saturated heterocycles. The average molecular weight is 489 g/mol. The predicted molar refractivity (Wildman–Crippen MR) is 132 cm³/mol. The summed E-state index contributed by atoms with van der Waals surface area (Å²) in [6, 6.07) is 7.51. The maximum Gasteiger partial charge on any atom is 0.408 e. The number of methoxy groups -OCH3 is 1. The normalized spacial score (nSPS) is 17.8. The molecule has 0 radical (unpaired) electrons. The number of nitrogens with one attached hydrogen (secondary N) is 2. The Morgan fingerprint density at radius 3 is 2.76 bits per heavy atom. The van der Waals surface area contributed by atoms with Gasteiger partial charge in [-0.15, -0.1) is 22.7 Å². The molecule has 2 aromatic heterocycles. The molecule has 4 rings (SSSR count). The molecule has 0 saturated carbocycles. The Labute approximate surface area is 200 Å². The lowest BCUT2D eigenvalue weighted by Gasteiger charge is -2.36. The van der Waals surface area contributed by atoms with E-state index in [2.05, 4.69) is 10.6 Å². The van der Waals surface area contributed by atoms with Crippen LogP contribution in [0.2, 0.25) is 0 Å². The summed E-state index contributed by atoms with van der Waals surface area (Å²) in [5, 5.41) is 17.6. The minimum atomic E-state index is -0.927. The number of carboxylic acid groups (broad SMARTS) is 1. The smallest absolute Gasteiger partial charge is 0.408 e. The summed E-state index contributed by atoms with van der Waals surface area (Å²) in [7, 11) is 1.64. The lowest BCUT2D eigenvalue weighted by Crippen LogP contribution is -2.43. The van der Waals surface area contributed by atoms with Crippen molar-refractivity contribution in [3.8, 4) is 10.6 Å². The van der Waals surface area contributed by atoms with E-state index in [0.717, 1.165) is 36.2 Å². The van der Waals surface area contributed by atoms with Gasteiger partial charge in [0.1, 0.15) is 10.0 Å². The summed E-state index contributed by atoms with van der Waals surface area (Å²) in [6.45, 7) is 5.67. The molecule has 3 aromatic rings. The van der Waals surface area contributed by atoms with Gasteiger partial charge in [-0.05, 0) is 38.0 Å². The van der Waals surface area contributed by atoms with Crippen LogP contribution in [0.15, 0.2) is 24.3 Å². The number of fused-ring (bicyclic) bond motifs is 2. The van der Waals surface area contributed by atoms with E-state index in [1.54, 1.807) is 18.4 Å². The third-order valence-corrected chi connectivity index (χ3v) is 8.17. The van der Waals surface area contributed by atoms with Gasteiger partial charge in [-0.3, -0.25) is 9.69 Å². The van der Waals surface area contributed by atoms with Gasteiger partial charge < -0.3 is 20.5 Å². The Balaban J connectivity index is 1.68. The van der Waals surface area contributed by atoms with Crippen LogP contribution in [0.1, 0.15) is 36.8 Å². The number of carbonyl (C=O) groups is 2. The van der Waals surface area contributed by atoms with Gasteiger partial charge in [0, 0.05) is 43.1 Å². The van der Waals surface area contributed by atoms with E-state index in [0.29, 0.717) is 32.5 Å². The van der Waals surface area contributed by atoms with E-state index in [-0.39, 0.29) is 18.0 Å². The Kier molecular flexibility index (Phi) is 7.28. The van der Waals surface area contributed by atoms with Crippen molar-refractivity contribution in [2.24, 2.45) is 0 Å². The molecular weight excluding hydrogens is 460 g/mol. The highest BCUT2D eigenvalue weighted by molar-refractivity contribution is 7.23. The zero-order valence-electron chi connectivity index (χ0n) is 18.9. The van der Waals surface area contributed by atoms with Gasteiger partial charge in [0.25, 0.3) is 0 Å². The minimum Gasteiger partial charge on any atom is -0.465 e. The molecule has 0 spiro atoms. The van der Waals surface area contributed by atoms with E-state index in [4.69, 9.17) is 9.72 Å². The van der Waals surface area contributed by atoms with Gasteiger partial charge >= 0.3 is 6.09 Å². The molecule has 0 fully saturated rings. The summed E-state index contributed by atoms with van der Waals surface area (Å²) in [5.41, 5.74) is 2.94. The van der Waals surface area contributed by atoms with Gasteiger partial charge in [-0.25, -0.2) is 9.78 Å². The summed E-state index contributed by atoms with van der Waals surface area (Å²) < 4.78 is 6.09. The first-order valence-electron chi connectivity index (χ1n) is 10.9. The molecule has 10 heteroatoms. The van der Waals surface area contributed by atoms with E-state index in [9.17, 15) is 14.7 Å². The van der Waals surface area contributed by atoms with Crippen molar-refractivity contribution in [3.05, 3.63) is 34.7 Å². The number of anilines is 1. The lowest BCUT2D eigenvalue weighted by atomic mass is 9.93. The molecular formula is C23H28N4O4S2. The van der Waals surface area contributed by atoms with E-state index in [1.807, 2.05) is 38.1 Å². The van der Waals surface area contributed by atoms with E-state index >= 15 is 0 Å². The molecule has 1 aliphatic heterocycles. The predicted octanol–water partition coefficient (Wildman–Crippen LogP) is 4.58. The number of hydrogen-bond acceptors (Lipinski definition) is 7. The van der Waals surface area contributed by atoms with Gasteiger partial charge in [0.15, 0.2) is 0 Å². The Bertz CT molecular complexity index is 1130. The van der Waals surface area contributed by atoms with E-state index in [1.165, 1.54) is 16.2 Å². The largest absolute Gasteiger partial charge is 0.465 e. The minimum absolute atomic E-state index is 0.0864. The van der Waals surface area contributed by atoms with Crippen LogP contribution < -0.4 is 10.6 Å². The van der Waals surface area contributed by atoms with Crippen molar-refractivity contribution in [3.63, 3.8) is 0 Å². The molecule has 8 nitrogen and oxygen atoms in total. The number of thiophene rings is 1. The number of nitrogens with zero attached hydrogens (tertiary/aromatic N) is 2. The Morgan fingerprint density at radius 2 is 2.03 bits per heavy atom. The summed E-state index contributed by atoms with van der Waals surface area (Å²) in [4.78, 5) is 31.9. The van der Waals surface area contributed by atoms with Gasteiger partial charge in [-0.2, -0.15) is 0 Å². The van der Waals surface area contributed by atoms with Crippen LogP contribution in [-0.4, -0.2) is 59.8 Å². The molecule has 0 aliphatic carbocycles. The van der Waals surface area contributed by atoms with Crippen LogP contribution in [0, 0.1) is 0 Å². The fourth-order valence-electron chi connectivity index (χ4n) is 4.26. The van der Waals surface area contributed by atoms with Gasteiger partial charge in [0.05, 0.1) is 22.9 Å². The topological polar surface area (TPSA) is 104 Å². The average Bonchev–Trinajstić information content (AvgIpc) is 3.34. The number of hydrogen-bond donors (Lipinski definition) is 3. The summed E-state index contributed by atoms with van der Waals surface area (Å²) >= 11 is 3.06. The number of aromatic nitrogens is 1. The zero-order chi connectivity index (χ0) is 23.5. The molecule has 0 bridgehead atoms. The molecule has 1 aliphatic rings. The van der Waals surface area contributed by atoms with Crippen molar-refractivity contribution in [2.75, 3.05) is 32.1 Å². The molecule has 2 atom stereocenters. The summed E-state index contributed by atoms with van der Waals surface area (Å²) in [6.07, 6.45) is -0.00989. The Hall–Kier alpha value is -2.53. The molecule has 176 valence electrons. The highest BCUT2D eigenvalue weighted by Gasteiger charge is 2.37. The number of rotatable bonds is 8. The standard InChI is InChI=1S/C23H28N4O4S2/c1-13-12-15-19(21-25-16-6-4-5-7-17(16)32-21)22(26-18(28)8-9-24-10-11-31-3)33-20(15)14(2)27(13)23(29)30/h4-7,13-14,24H,8-12H2,1-3H3,(H,26,28)(H,29,30). The second-order valence-electron chi connectivity index (χ2n) is 8.10. The third kappa shape index (κ3) is 4.89. The monoisotopic (exact) mass is 488 g/mol. The van der Waals surface area contributed by atoms with Gasteiger partial charge in [-0.1, -0.05) is 12.1 Å². The third-order valence-electron chi connectivity index (χ3n) is 5.80. The molecule has 3 N–H and O–H groups in total. The van der Waals surface area contributed by atoms with Crippen LogP contribution in [0.4, 0.5) is 9.80 Å². The van der Waals surface area contributed by atoms with Crippen molar-refractivity contribution >= 4 is 49.9 Å². The van der Waals surface area contributed by atoms with Crippen LogP contribution >= 0.6 is 22.7 Å². The van der Waals surface area contributed by atoms with Crippen LogP contribution in [0.5, 0.6) is 0 Å². The fraction of sp³-hybridized carbons (Fsp3) is 0.435. The number of amides is 2. The molecule has 2 amide bonds. The summed E-state index contributed by atoms with van der Waals surface area (Å²) in [5.74, 6) is -0.0864. The molecule has 33 heavy (non-hydrogen) atoms. The maximum atomic E-state index is 12.7. The molecule has 3 heterocycles. The second kappa shape index (κ2) is 10.2. The maximum absolute atomic E-state index is 12.7. The SMILES string of the molecule is COCCNCCC(=O)Nc1sc2c(c1-c1nc3ccccc3s1)CC(C)N(C(=O)O)C2C. The molecule has 1 aromatic carbocycles.